The van der Waals surface area contributed by atoms with Gasteiger partial charge in [-0.3, -0.25) is 0 Å². The normalized spacial score (nSPS) is 18.4. The predicted octanol–water partition coefficient (Wildman–Crippen LogP) is 1.01. The van der Waals surface area contributed by atoms with Gasteiger partial charge in [0.25, 0.3) is 0 Å². The van der Waals surface area contributed by atoms with Gasteiger partial charge < -0.3 is 14.5 Å². The molecule has 1 heterocycles. The van der Waals surface area contributed by atoms with Gasteiger partial charge in [0.15, 0.2) is 0 Å². The molecule has 1 saturated carbocycles. The van der Waals surface area contributed by atoms with Crippen LogP contribution in [0.1, 0.15) is 43.6 Å². The number of rotatable bonds is 2. The fourth-order valence-electron chi connectivity index (χ4n) is 2.15. The minimum Gasteiger partial charge on any atom is -0.473 e. The van der Waals surface area contributed by atoms with Crippen LogP contribution in [0.3, 0.4) is 0 Å². The molecule has 0 saturated heterocycles. The molecule has 2 N–H and O–H groups in total. The van der Waals surface area contributed by atoms with Gasteiger partial charge in [0.1, 0.15) is 5.66 Å². The highest BCUT2D eigenvalue weighted by Crippen LogP contribution is 2.32. The van der Waals surface area contributed by atoms with Crippen molar-refractivity contribution >= 4 is 12.8 Å². The lowest BCUT2D eigenvalue weighted by molar-refractivity contribution is 0.409. The summed E-state index contributed by atoms with van der Waals surface area (Å²) in [7, 11) is -1.48. The summed E-state index contributed by atoms with van der Waals surface area (Å²) in [5, 5.41) is 17.8. The lowest BCUT2D eigenvalue weighted by Crippen LogP contribution is -2.28. The molecule has 0 aliphatic heterocycles. The van der Waals surface area contributed by atoms with Crippen LogP contribution in [0.4, 0.5) is 0 Å². The van der Waals surface area contributed by atoms with E-state index < -0.39 is 7.12 Å². The summed E-state index contributed by atoms with van der Waals surface area (Å²) < 4.78 is 5.08. The lowest BCUT2D eigenvalue weighted by Gasteiger charge is -2.19. The third kappa shape index (κ3) is 2.02. The van der Waals surface area contributed by atoms with Crippen molar-refractivity contribution in [2.75, 3.05) is 0 Å². The second kappa shape index (κ2) is 4.19. The van der Waals surface area contributed by atoms with Crippen LogP contribution in [-0.2, 0) is 0 Å². The molecule has 76 valence electrons. The molecule has 1 aliphatic rings. The molecule has 0 amide bonds. The van der Waals surface area contributed by atoms with Crippen molar-refractivity contribution < 1.29 is 14.5 Å². The van der Waals surface area contributed by atoms with Gasteiger partial charge in [-0.05, 0) is 30.4 Å². The van der Waals surface area contributed by atoms with Crippen LogP contribution in [0.25, 0.3) is 0 Å². The van der Waals surface area contributed by atoms with Gasteiger partial charge in [-0.2, -0.15) is 0 Å². The van der Waals surface area contributed by atoms with E-state index in [1.165, 1.54) is 32.1 Å². The maximum atomic E-state index is 8.90. The zero-order valence-electron chi connectivity index (χ0n) is 8.15. The Morgan fingerprint density at radius 2 is 1.93 bits per heavy atom. The minimum atomic E-state index is -1.48. The van der Waals surface area contributed by atoms with Crippen molar-refractivity contribution in [3.05, 3.63) is 17.9 Å². The Morgan fingerprint density at radius 3 is 2.50 bits per heavy atom. The molecule has 1 aromatic heterocycles. The van der Waals surface area contributed by atoms with Crippen LogP contribution in [0, 0.1) is 0 Å². The first-order chi connectivity index (χ1) is 6.77. The fraction of sp³-hybridized carbons (Fsp3) is 0.600. The quantitative estimate of drug-likeness (QED) is 0.690. The maximum absolute atomic E-state index is 8.90. The zero-order chi connectivity index (χ0) is 9.97. The Hall–Kier alpha value is -0.735. The fourth-order valence-corrected chi connectivity index (χ4v) is 2.15. The predicted molar refractivity (Wildman–Crippen MR) is 54.4 cm³/mol. The molecule has 0 aromatic carbocycles. The first kappa shape index (κ1) is 9.81. The van der Waals surface area contributed by atoms with Crippen molar-refractivity contribution in [1.82, 2.24) is 0 Å². The van der Waals surface area contributed by atoms with Crippen LogP contribution in [0.15, 0.2) is 16.7 Å². The molecule has 14 heavy (non-hydrogen) atoms. The van der Waals surface area contributed by atoms with E-state index in [1.807, 2.05) is 0 Å². The molecule has 0 atom stereocenters. The van der Waals surface area contributed by atoms with E-state index in [-0.39, 0.29) is 5.66 Å². The van der Waals surface area contributed by atoms with Gasteiger partial charge in [0.2, 0.25) is 0 Å². The summed E-state index contributed by atoms with van der Waals surface area (Å²) in [4.78, 5) is 0. The summed E-state index contributed by atoms with van der Waals surface area (Å²) in [5.74, 6) is 0.556. The molecular weight excluding hydrogens is 179 g/mol. The van der Waals surface area contributed by atoms with E-state index >= 15 is 0 Å². The molecular formula is C10H15BO3. The maximum Gasteiger partial charge on any atom is 0.526 e. The van der Waals surface area contributed by atoms with Gasteiger partial charge >= 0.3 is 7.12 Å². The van der Waals surface area contributed by atoms with Crippen LogP contribution in [0.5, 0.6) is 0 Å². The van der Waals surface area contributed by atoms with E-state index in [9.17, 15) is 0 Å². The summed E-state index contributed by atoms with van der Waals surface area (Å²) in [6, 6.07) is 1.76. The Kier molecular flexibility index (Phi) is 2.94. The summed E-state index contributed by atoms with van der Waals surface area (Å²) in [6.45, 7) is 0. The number of hydrogen-bond donors (Lipinski definition) is 2. The summed E-state index contributed by atoms with van der Waals surface area (Å²) >= 11 is 0. The van der Waals surface area contributed by atoms with Crippen LogP contribution >= 0.6 is 0 Å². The average molecular weight is 194 g/mol. The Balaban J connectivity index is 2.07. The monoisotopic (exact) mass is 194 g/mol. The third-order valence-corrected chi connectivity index (χ3v) is 2.97. The molecule has 0 unspecified atom stereocenters. The lowest BCUT2D eigenvalue weighted by atomic mass is 9.82. The SMILES string of the molecule is OB(O)c1cc(C2CCCCC2)co1. The summed E-state index contributed by atoms with van der Waals surface area (Å²) in [6.07, 6.45) is 7.91. The average Bonchev–Trinajstić information content (AvgIpc) is 2.68. The molecule has 0 spiro atoms. The molecule has 0 bridgehead atoms. The van der Waals surface area contributed by atoms with Crippen LogP contribution in [0.2, 0.25) is 0 Å². The van der Waals surface area contributed by atoms with E-state index in [0.29, 0.717) is 5.92 Å². The molecule has 1 fully saturated rings. The molecule has 4 heteroatoms. The van der Waals surface area contributed by atoms with Gasteiger partial charge in [-0.15, -0.1) is 0 Å². The second-order valence-electron chi connectivity index (χ2n) is 3.99. The van der Waals surface area contributed by atoms with Crippen LogP contribution < -0.4 is 5.66 Å². The third-order valence-electron chi connectivity index (χ3n) is 2.97. The van der Waals surface area contributed by atoms with Gasteiger partial charge in [0.05, 0.1) is 6.26 Å². The highest BCUT2D eigenvalue weighted by Gasteiger charge is 2.21. The Morgan fingerprint density at radius 1 is 1.21 bits per heavy atom. The highest BCUT2D eigenvalue weighted by atomic mass is 16.4. The zero-order valence-corrected chi connectivity index (χ0v) is 8.15. The standard InChI is InChI=1S/C10H15BO3/c12-11(13)10-6-9(7-14-10)8-4-2-1-3-5-8/h6-8,12-13H,1-5H2. The van der Waals surface area contributed by atoms with Gasteiger partial charge in [-0.1, -0.05) is 19.3 Å². The van der Waals surface area contributed by atoms with Crippen molar-refractivity contribution in [1.29, 1.82) is 0 Å². The number of furan rings is 1. The van der Waals surface area contributed by atoms with E-state index in [1.54, 1.807) is 12.3 Å². The van der Waals surface area contributed by atoms with Crippen molar-refractivity contribution in [2.45, 2.75) is 38.0 Å². The molecule has 2 rings (SSSR count). The Labute approximate surface area is 83.9 Å². The van der Waals surface area contributed by atoms with Crippen molar-refractivity contribution in [3.8, 4) is 0 Å². The molecule has 1 aliphatic carbocycles. The van der Waals surface area contributed by atoms with E-state index in [2.05, 4.69) is 0 Å². The molecule has 1 aromatic rings. The Bertz CT molecular complexity index is 289. The van der Waals surface area contributed by atoms with E-state index in [0.717, 1.165) is 5.56 Å². The molecule has 0 radical (unpaired) electrons. The first-order valence-corrected chi connectivity index (χ1v) is 5.22. The van der Waals surface area contributed by atoms with Gasteiger partial charge in [0, 0.05) is 0 Å². The topological polar surface area (TPSA) is 53.6 Å². The minimum absolute atomic E-state index is 0.255. The first-order valence-electron chi connectivity index (χ1n) is 5.22. The summed E-state index contributed by atoms with van der Waals surface area (Å²) in [5.41, 5.74) is 1.37. The molecule has 3 nitrogen and oxygen atoms in total. The number of hydrogen-bond acceptors (Lipinski definition) is 3. The van der Waals surface area contributed by atoms with Crippen LogP contribution in [-0.4, -0.2) is 17.2 Å². The van der Waals surface area contributed by atoms with Crippen molar-refractivity contribution in [3.63, 3.8) is 0 Å². The van der Waals surface area contributed by atoms with Crippen molar-refractivity contribution in [2.24, 2.45) is 0 Å². The van der Waals surface area contributed by atoms with E-state index in [4.69, 9.17) is 14.5 Å². The smallest absolute Gasteiger partial charge is 0.473 e. The van der Waals surface area contributed by atoms with Gasteiger partial charge in [-0.25, -0.2) is 0 Å². The highest BCUT2D eigenvalue weighted by molar-refractivity contribution is 6.57. The second-order valence-corrected chi connectivity index (χ2v) is 3.99. The largest absolute Gasteiger partial charge is 0.526 e.